The van der Waals surface area contributed by atoms with E-state index >= 15 is 0 Å². The highest BCUT2D eigenvalue weighted by molar-refractivity contribution is 7.89. The highest BCUT2D eigenvalue weighted by Crippen LogP contribution is 2.30. The molecule has 1 amide bonds. The number of carbonyl (C=O) groups is 1. The lowest BCUT2D eigenvalue weighted by atomic mass is 9.86. The minimum atomic E-state index is -3.69. The summed E-state index contributed by atoms with van der Waals surface area (Å²) >= 11 is 0. The molecule has 1 N–H and O–H groups in total. The van der Waals surface area contributed by atoms with E-state index in [0.717, 1.165) is 5.56 Å². The third-order valence-corrected chi connectivity index (χ3v) is 7.55. The molecule has 3 rings (SSSR count). The number of amides is 1. The van der Waals surface area contributed by atoms with Crippen molar-refractivity contribution in [3.63, 3.8) is 0 Å². The molecule has 1 heterocycles. The zero-order valence-corrected chi connectivity index (χ0v) is 21.6. The van der Waals surface area contributed by atoms with Gasteiger partial charge in [0, 0.05) is 19.5 Å². The number of sulfonamides is 1. The van der Waals surface area contributed by atoms with Crippen LogP contribution in [0.5, 0.6) is 5.75 Å². The summed E-state index contributed by atoms with van der Waals surface area (Å²) in [5, 5.41) is 2.87. The monoisotopic (exact) mass is 488 g/mol. The highest BCUT2D eigenvalue weighted by atomic mass is 32.2. The summed E-state index contributed by atoms with van der Waals surface area (Å²) in [6, 6.07) is 12.9. The number of nitrogens with zero attached hydrogens (tertiary/aromatic N) is 1. The maximum atomic E-state index is 13.1. The topological polar surface area (TPSA) is 84.9 Å². The molecule has 0 saturated carbocycles. The predicted molar refractivity (Wildman–Crippen MR) is 134 cm³/mol. The number of rotatable bonds is 8. The standard InChI is InChI=1S/C26H36N2O5S/c1-19(2)33-24-12-11-22(34(30,31)28-14-16-32-17-15-28)18-23(24)27-25(29)13-8-20-6-9-21(10-7-20)26(3,4)5/h6-7,9-12,18-19H,8,13-17H2,1-5H3,(H,27,29). The summed E-state index contributed by atoms with van der Waals surface area (Å²) in [6.07, 6.45) is 0.734. The molecule has 8 heteroatoms. The van der Waals surface area contributed by atoms with E-state index in [1.807, 2.05) is 13.8 Å². The molecule has 0 unspecified atom stereocenters. The first-order chi connectivity index (χ1) is 16.0. The van der Waals surface area contributed by atoms with Crippen molar-refractivity contribution in [1.29, 1.82) is 0 Å². The fraction of sp³-hybridized carbons (Fsp3) is 0.500. The summed E-state index contributed by atoms with van der Waals surface area (Å²) < 4.78 is 38.7. The normalized spacial score (nSPS) is 15.4. The molecule has 0 spiro atoms. The molecule has 186 valence electrons. The van der Waals surface area contributed by atoms with Crippen LogP contribution in [-0.2, 0) is 31.4 Å². The summed E-state index contributed by atoms with van der Waals surface area (Å²) in [7, 11) is -3.69. The molecule has 1 fully saturated rings. The average Bonchev–Trinajstić information content (AvgIpc) is 2.78. The Bertz CT molecular complexity index is 1080. The molecule has 2 aromatic carbocycles. The second-order valence-electron chi connectivity index (χ2n) is 9.84. The lowest BCUT2D eigenvalue weighted by Gasteiger charge is -2.26. The van der Waals surface area contributed by atoms with E-state index in [4.69, 9.17) is 9.47 Å². The molecule has 1 saturated heterocycles. The van der Waals surface area contributed by atoms with Crippen molar-refractivity contribution in [3.05, 3.63) is 53.6 Å². The minimum Gasteiger partial charge on any atom is -0.489 e. The van der Waals surface area contributed by atoms with Crippen LogP contribution in [0.4, 0.5) is 5.69 Å². The van der Waals surface area contributed by atoms with Crippen molar-refractivity contribution in [2.24, 2.45) is 0 Å². The molecule has 0 aromatic heterocycles. The van der Waals surface area contributed by atoms with Crippen LogP contribution in [0.1, 0.15) is 52.2 Å². The first kappa shape index (κ1) is 26.2. The van der Waals surface area contributed by atoms with Crippen molar-refractivity contribution < 1.29 is 22.7 Å². The maximum absolute atomic E-state index is 13.1. The second-order valence-corrected chi connectivity index (χ2v) is 11.8. The Morgan fingerprint density at radius 2 is 1.74 bits per heavy atom. The molecule has 0 bridgehead atoms. The van der Waals surface area contributed by atoms with E-state index in [0.29, 0.717) is 44.2 Å². The van der Waals surface area contributed by atoms with E-state index in [1.165, 1.54) is 22.0 Å². The fourth-order valence-electron chi connectivity index (χ4n) is 3.70. The molecule has 2 aromatic rings. The summed E-state index contributed by atoms with van der Waals surface area (Å²) in [5.74, 6) is 0.244. The van der Waals surface area contributed by atoms with Gasteiger partial charge in [0.1, 0.15) is 5.75 Å². The summed E-state index contributed by atoms with van der Waals surface area (Å²) in [6.45, 7) is 11.6. The number of hydrogen-bond acceptors (Lipinski definition) is 5. The van der Waals surface area contributed by atoms with Crippen molar-refractivity contribution >= 4 is 21.6 Å². The molecule has 0 atom stereocenters. The number of anilines is 1. The van der Waals surface area contributed by atoms with Gasteiger partial charge in [0.15, 0.2) is 0 Å². The van der Waals surface area contributed by atoms with Gasteiger partial charge in [0.25, 0.3) is 0 Å². The molecule has 7 nitrogen and oxygen atoms in total. The number of nitrogens with one attached hydrogen (secondary N) is 1. The van der Waals surface area contributed by atoms with E-state index in [9.17, 15) is 13.2 Å². The number of ether oxygens (including phenoxy) is 2. The molecule has 0 radical (unpaired) electrons. The van der Waals surface area contributed by atoms with Crippen LogP contribution in [0.2, 0.25) is 0 Å². The van der Waals surface area contributed by atoms with Gasteiger partial charge >= 0.3 is 0 Å². The molecular weight excluding hydrogens is 452 g/mol. The zero-order chi connectivity index (χ0) is 24.9. The van der Waals surface area contributed by atoms with E-state index in [1.54, 1.807) is 6.07 Å². The van der Waals surface area contributed by atoms with Crippen LogP contribution in [0, 0.1) is 0 Å². The number of benzene rings is 2. The van der Waals surface area contributed by atoms with Crippen LogP contribution < -0.4 is 10.1 Å². The third-order valence-electron chi connectivity index (χ3n) is 5.66. The lowest BCUT2D eigenvalue weighted by Crippen LogP contribution is -2.40. The van der Waals surface area contributed by atoms with Crippen LogP contribution in [0.3, 0.4) is 0 Å². The van der Waals surface area contributed by atoms with Gasteiger partial charge in [-0.3, -0.25) is 4.79 Å². The Kier molecular flexibility index (Phi) is 8.38. The Morgan fingerprint density at radius 1 is 1.09 bits per heavy atom. The minimum absolute atomic E-state index is 0.0787. The van der Waals surface area contributed by atoms with Crippen LogP contribution in [0.15, 0.2) is 47.4 Å². The number of morpholine rings is 1. The molecule has 0 aliphatic carbocycles. The maximum Gasteiger partial charge on any atom is 0.243 e. The summed E-state index contributed by atoms with van der Waals surface area (Å²) in [4.78, 5) is 12.9. The van der Waals surface area contributed by atoms with E-state index < -0.39 is 10.0 Å². The first-order valence-electron chi connectivity index (χ1n) is 11.7. The van der Waals surface area contributed by atoms with Gasteiger partial charge in [0.05, 0.1) is 29.9 Å². The number of hydrogen-bond donors (Lipinski definition) is 1. The molecular formula is C26H36N2O5S. The van der Waals surface area contributed by atoms with Crippen LogP contribution in [-0.4, -0.2) is 51.0 Å². The largest absolute Gasteiger partial charge is 0.489 e. The summed E-state index contributed by atoms with van der Waals surface area (Å²) in [5.41, 5.74) is 2.76. The predicted octanol–water partition coefficient (Wildman–Crippen LogP) is 4.36. The third kappa shape index (κ3) is 6.81. The Hall–Kier alpha value is -2.42. The van der Waals surface area contributed by atoms with Gasteiger partial charge in [-0.25, -0.2) is 8.42 Å². The van der Waals surface area contributed by atoms with Crippen LogP contribution >= 0.6 is 0 Å². The van der Waals surface area contributed by atoms with Crippen molar-refractivity contribution in [2.45, 2.75) is 63.9 Å². The van der Waals surface area contributed by atoms with Gasteiger partial charge in [-0.05, 0) is 55.0 Å². The Labute approximate surface area is 203 Å². The molecule has 1 aliphatic rings. The van der Waals surface area contributed by atoms with Gasteiger partial charge in [-0.1, -0.05) is 45.0 Å². The molecule has 34 heavy (non-hydrogen) atoms. The Morgan fingerprint density at radius 3 is 2.32 bits per heavy atom. The zero-order valence-electron chi connectivity index (χ0n) is 20.8. The SMILES string of the molecule is CC(C)Oc1ccc(S(=O)(=O)N2CCOCC2)cc1NC(=O)CCc1ccc(C(C)(C)C)cc1. The van der Waals surface area contributed by atoms with Crippen LogP contribution in [0.25, 0.3) is 0 Å². The Balaban J connectivity index is 1.74. The fourth-order valence-corrected chi connectivity index (χ4v) is 5.14. The average molecular weight is 489 g/mol. The quantitative estimate of drug-likeness (QED) is 0.597. The molecule has 1 aliphatic heterocycles. The second kappa shape index (κ2) is 10.9. The smallest absolute Gasteiger partial charge is 0.243 e. The highest BCUT2D eigenvalue weighted by Gasteiger charge is 2.27. The van der Waals surface area contributed by atoms with E-state index in [-0.39, 0.29) is 28.7 Å². The van der Waals surface area contributed by atoms with E-state index in [2.05, 4.69) is 50.4 Å². The van der Waals surface area contributed by atoms with Crippen molar-refractivity contribution in [1.82, 2.24) is 4.31 Å². The van der Waals surface area contributed by atoms with Crippen molar-refractivity contribution in [3.8, 4) is 5.75 Å². The number of aryl methyl sites for hydroxylation is 1. The van der Waals surface area contributed by atoms with Gasteiger partial charge < -0.3 is 14.8 Å². The van der Waals surface area contributed by atoms with Crippen molar-refractivity contribution in [2.75, 3.05) is 31.6 Å². The van der Waals surface area contributed by atoms with Gasteiger partial charge in [-0.15, -0.1) is 0 Å². The lowest BCUT2D eigenvalue weighted by molar-refractivity contribution is -0.116. The first-order valence-corrected chi connectivity index (χ1v) is 13.2. The van der Waals surface area contributed by atoms with Gasteiger partial charge in [0.2, 0.25) is 15.9 Å². The van der Waals surface area contributed by atoms with Gasteiger partial charge in [-0.2, -0.15) is 4.31 Å². The number of carbonyl (C=O) groups excluding carboxylic acids is 1.